The summed E-state index contributed by atoms with van der Waals surface area (Å²) in [6.07, 6.45) is 2.90. The van der Waals surface area contributed by atoms with Crippen molar-refractivity contribution in [2.45, 2.75) is 24.3 Å². The van der Waals surface area contributed by atoms with E-state index >= 15 is 0 Å². The average molecular weight is 334 g/mol. The van der Waals surface area contributed by atoms with E-state index in [0.717, 1.165) is 0 Å². The van der Waals surface area contributed by atoms with Gasteiger partial charge in [0.25, 0.3) is 10.0 Å². The Morgan fingerprint density at radius 1 is 1.17 bits per heavy atom. The van der Waals surface area contributed by atoms with Gasteiger partial charge in [0.2, 0.25) is 5.91 Å². The Kier molecular flexibility index (Phi) is 3.63. The van der Waals surface area contributed by atoms with E-state index in [-0.39, 0.29) is 17.2 Å². The van der Waals surface area contributed by atoms with Gasteiger partial charge in [-0.25, -0.2) is 8.42 Å². The van der Waals surface area contributed by atoms with E-state index in [0.29, 0.717) is 11.4 Å². The molecule has 0 unspecified atom stereocenters. The van der Waals surface area contributed by atoms with Gasteiger partial charge in [-0.3, -0.25) is 13.8 Å². The van der Waals surface area contributed by atoms with Crippen molar-refractivity contribution in [2.75, 3.05) is 16.3 Å². The molecule has 0 bridgehead atoms. The van der Waals surface area contributed by atoms with Crippen molar-refractivity contribution in [3.05, 3.63) is 36.7 Å². The summed E-state index contributed by atoms with van der Waals surface area (Å²) in [7, 11) is -0.479. The maximum atomic E-state index is 13.1. The molecule has 7 nitrogen and oxygen atoms in total. The number of aryl methyl sites for hydroxylation is 1. The third-order valence-electron chi connectivity index (χ3n) is 3.96. The number of carbonyl (C=O) groups is 1. The molecule has 1 amide bonds. The second-order valence-corrected chi connectivity index (χ2v) is 7.46. The van der Waals surface area contributed by atoms with Crippen LogP contribution in [0.1, 0.15) is 13.3 Å². The first-order valence-electron chi connectivity index (χ1n) is 7.21. The molecule has 23 heavy (non-hydrogen) atoms. The monoisotopic (exact) mass is 334 g/mol. The molecular weight excluding hydrogens is 316 g/mol. The van der Waals surface area contributed by atoms with Gasteiger partial charge < -0.3 is 4.90 Å². The molecule has 0 aliphatic carbocycles. The Hall–Kier alpha value is -2.35. The molecule has 2 aromatic rings. The number of rotatable bonds is 2. The van der Waals surface area contributed by atoms with Crippen LogP contribution in [0.5, 0.6) is 0 Å². The van der Waals surface area contributed by atoms with Gasteiger partial charge in [0.15, 0.2) is 0 Å². The Bertz CT molecular complexity index is 859. The van der Waals surface area contributed by atoms with E-state index in [4.69, 9.17) is 0 Å². The maximum absolute atomic E-state index is 13.1. The van der Waals surface area contributed by atoms with E-state index in [1.54, 1.807) is 45.3 Å². The van der Waals surface area contributed by atoms with Gasteiger partial charge in [-0.05, 0) is 19.1 Å². The number of sulfonamides is 1. The van der Waals surface area contributed by atoms with E-state index in [1.807, 2.05) is 0 Å². The normalized spacial score (nSPS) is 18.7. The summed E-state index contributed by atoms with van der Waals surface area (Å²) < 4.78 is 28.9. The Labute approximate surface area is 135 Å². The van der Waals surface area contributed by atoms with Gasteiger partial charge in [0, 0.05) is 26.7 Å². The van der Waals surface area contributed by atoms with Crippen molar-refractivity contribution >= 4 is 27.3 Å². The maximum Gasteiger partial charge on any atom is 0.267 e. The molecule has 122 valence electrons. The minimum absolute atomic E-state index is 0.110. The zero-order valence-corrected chi connectivity index (χ0v) is 14.0. The highest BCUT2D eigenvalue weighted by atomic mass is 32.2. The highest BCUT2D eigenvalue weighted by Gasteiger charge is 2.37. The van der Waals surface area contributed by atoms with Gasteiger partial charge in [-0.1, -0.05) is 12.1 Å². The van der Waals surface area contributed by atoms with Crippen LogP contribution in [-0.2, 0) is 21.9 Å². The highest BCUT2D eigenvalue weighted by molar-refractivity contribution is 7.92. The lowest BCUT2D eigenvalue weighted by molar-refractivity contribution is -0.118. The van der Waals surface area contributed by atoms with Gasteiger partial charge in [0.1, 0.15) is 4.90 Å². The standard InChI is InChI=1S/C15H18N4O3S/c1-11-8-15(20)18(3)13-6-4-5-7-14(13)19(11)23(21,22)12-9-16-17(2)10-12/h4-7,9-11H,8H2,1-3H3/t11-/m0/s1. The number of nitrogens with zero attached hydrogens (tertiary/aromatic N) is 4. The van der Waals surface area contributed by atoms with Gasteiger partial charge >= 0.3 is 0 Å². The number of hydrogen-bond donors (Lipinski definition) is 0. The van der Waals surface area contributed by atoms with E-state index in [9.17, 15) is 13.2 Å². The van der Waals surface area contributed by atoms with Crippen LogP contribution < -0.4 is 9.21 Å². The van der Waals surface area contributed by atoms with Crippen LogP contribution in [0.15, 0.2) is 41.6 Å². The van der Waals surface area contributed by atoms with Crippen LogP contribution in [0.2, 0.25) is 0 Å². The fourth-order valence-electron chi connectivity index (χ4n) is 2.79. The lowest BCUT2D eigenvalue weighted by Crippen LogP contribution is -2.39. The summed E-state index contributed by atoms with van der Waals surface area (Å²) in [5.41, 5.74) is 1.08. The number of fused-ring (bicyclic) bond motifs is 1. The van der Waals surface area contributed by atoms with Crippen LogP contribution in [0.4, 0.5) is 11.4 Å². The SMILES string of the molecule is C[C@H]1CC(=O)N(C)c2ccccc2N1S(=O)(=O)c1cnn(C)c1. The Balaban J connectivity index is 2.21. The fraction of sp³-hybridized carbons (Fsp3) is 0.333. The number of amides is 1. The first kappa shape index (κ1) is 15.5. The number of anilines is 2. The molecule has 8 heteroatoms. The van der Waals surface area contributed by atoms with E-state index in [1.165, 1.54) is 26.3 Å². The summed E-state index contributed by atoms with van der Waals surface area (Å²) >= 11 is 0. The molecular formula is C15H18N4O3S. The number of para-hydroxylation sites is 2. The highest BCUT2D eigenvalue weighted by Crippen LogP contribution is 2.37. The van der Waals surface area contributed by atoms with Gasteiger partial charge in [-0.15, -0.1) is 0 Å². The summed E-state index contributed by atoms with van der Waals surface area (Å²) in [6, 6.07) is 6.53. The minimum atomic E-state index is -3.80. The topological polar surface area (TPSA) is 75.5 Å². The van der Waals surface area contributed by atoms with Crippen molar-refractivity contribution in [3.8, 4) is 0 Å². The molecule has 1 aliphatic heterocycles. The molecule has 0 radical (unpaired) electrons. The summed E-state index contributed by atoms with van der Waals surface area (Å²) in [5, 5.41) is 3.95. The van der Waals surface area contributed by atoms with E-state index < -0.39 is 16.1 Å². The smallest absolute Gasteiger partial charge is 0.267 e. The lowest BCUT2D eigenvalue weighted by Gasteiger charge is -2.28. The van der Waals surface area contributed by atoms with Gasteiger partial charge in [-0.2, -0.15) is 5.10 Å². The molecule has 0 N–H and O–H groups in total. The van der Waals surface area contributed by atoms with Crippen molar-refractivity contribution in [1.82, 2.24) is 9.78 Å². The van der Waals surface area contributed by atoms with Crippen molar-refractivity contribution in [2.24, 2.45) is 7.05 Å². The fourth-order valence-corrected chi connectivity index (χ4v) is 4.45. The lowest BCUT2D eigenvalue weighted by atomic mass is 10.2. The summed E-state index contributed by atoms with van der Waals surface area (Å²) in [5.74, 6) is -0.117. The predicted molar refractivity (Wildman–Crippen MR) is 86.8 cm³/mol. The van der Waals surface area contributed by atoms with Gasteiger partial charge in [0.05, 0.1) is 23.6 Å². The number of carbonyl (C=O) groups excluding carboxylic acids is 1. The predicted octanol–water partition coefficient (Wildman–Crippen LogP) is 1.37. The number of benzene rings is 1. The molecule has 1 atom stereocenters. The van der Waals surface area contributed by atoms with Crippen molar-refractivity contribution in [3.63, 3.8) is 0 Å². The average Bonchev–Trinajstić information content (AvgIpc) is 2.90. The summed E-state index contributed by atoms with van der Waals surface area (Å²) in [6.45, 7) is 1.74. The molecule has 0 saturated heterocycles. The van der Waals surface area contributed by atoms with Crippen molar-refractivity contribution in [1.29, 1.82) is 0 Å². The first-order chi connectivity index (χ1) is 10.8. The van der Waals surface area contributed by atoms with Crippen LogP contribution in [0, 0.1) is 0 Å². The first-order valence-corrected chi connectivity index (χ1v) is 8.65. The molecule has 1 aromatic carbocycles. The minimum Gasteiger partial charge on any atom is -0.313 e. The largest absolute Gasteiger partial charge is 0.313 e. The second-order valence-electron chi connectivity index (χ2n) is 5.65. The zero-order valence-electron chi connectivity index (χ0n) is 13.2. The molecule has 0 fully saturated rings. The molecule has 2 heterocycles. The summed E-state index contributed by atoms with van der Waals surface area (Å²) in [4.78, 5) is 13.9. The van der Waals surface area contributed by atoms with Crippen LogP contribution in [0.3, 0.4) is 0 Å². The quantitative estimate of drug-likeness (QED) is 0.831. The van der Waals surface area contributed by atoms with Crippen molar-refractivity contribution < 1.29 is 13.2 Å². The second kappa shape index (κ2) is 5.38. The zero-order chi connectivity index (χ0) is 16.8. The molecule has 0 saturated carbocycles. The molecule has 0 spiro atoms. The molecule has 1 aromatic heterocycles. The van der Waals surface area contributed by atoms with Crippen LogP contribution in [-0.4, -0.2) is 37.2 Å². The number of aromatic nitrogens is 2. The number of hydrogen-bond acceptors (Lipinski definition) is 4. The van der Waals surface area contributed by atoms with Crippen LogP contribution >= 0.6 is 0 Å². The third-order valence-corrected chi connectivity index (χ3v) is 5.84. The molecule has 1 aliphatic rings. The van der Waals surface area contributed by atoms with Crippen LogP contribution in [0.25, 0.3) is 0 Å². The Morgan fingerprint density at radius 2 is 1.83 bits per heavy atom. The third kappa shape index (κ3) is 2.48. The van der Waals surface area contributed by atoms with E-state index in [2.05, 4.69) is 5.10 Å². The molecule has 3 rings (SSSR count). The Morgan fingerprint density at radius 3 is 2.43 bits per heavy atom.